The Labute approximate surface area is 155 Å². The van der Waals surface area contributed by atoms with Crippen molar-refractivity contribution < 1.29 is 19.1 Å². The molecule has 0 saturated heterocycles. The summed E-state index contributed by atoms with van der Waals surface area (Å²) in [6, 6.07) is 10.2. The number of carbonyl (C=O) groups is 2. The van der Waals surface area contributed by atoms with Crippen molar-refractivity contribution in [2.45, 2.75) is 19.2 Å². The summed E-state index contributed by atoms with van der Waals surface area (Å²) < 4.78 is 10.9. The van der Waals surface area contributed by atoms with Crippen molar-refractivity contribution in [3.05, 3.63) is 63.9 Å². The van der Waals surface area contributed by atoms with Crippen LogP contribution in [0.4, 0.5) is 0 Å². The van der Waals surface area contributed by atoms with Gasteiger partial charge >= 0.3 is 5.97 Å². The average molecular weight is 377 g/mol. The van der Waals surface area contributed by atoms with Crippen LogP contribution >= 0.6 is 23.2 Å². The maximum Gasteiger partial charge on any atom is 0.329 e. The molecule has 0 N–H and O–H groups in total. The van der Waals surface area contributed by atoms with Gasteiger partial charge in [-0.05, 0) is 49.2 Å². The molecule has 0 fully saturated rings. The Hall–Kier alpha value is -2.30. The molecule has 0 amide bonds. The zero-order chi connectivity index (χ0) is 18.1. The zero-order valence-corrected chi connectivity index (χ0v) is 15.0. The number of ketones is 1. The Morgan fingerprint density at radius 3 is 2.72 bits per heavy atom. The van der Waals surface area contributed by atoms with Crippen LogP contribution in [0, 0.1) is 6.92 Å². The van der Waals surface area contributed by atoms with E-state index in [0.29, 0.717) is 21.9 Å². The highest BCUT2D eigenvalue weighted by atomic mass is 35.5. The monoisotopic (exact) mass is 376 g/mol. The minimum atomic E-state index is -0.769. The fourth-order valence-corrected chi connectivity index (χ4v) is 2.72. The van der Waals surface area contributed by atoms with E-state index < -0.39 is 11.3 Å². The Morgan fingerprint density at radius 1 is 1.28 bits per heavy atom. The lowest BCUT2D eigenvalue weighted by Crippen LogP contribution is -2.17. The molecule has 0 aliphatic carbocycles. The standard InChI is InChI=1S/C19H14Cl2O4/c1-10-6-14(24-19(23)11(2)20)9-15-17(10)18(22)16(25-15)8-12-4-3-5-13(21)7-12/h3-9,11H,1-2H3/b16-8-. The van der Waals surface area contributed by atoms with Gasteiger partial charge in [0.05, 0.1) is 5.56 Å². The number of ether oxygens (including phenoxy) is 2. The lowest BCUT2D eigenvalue weighted by Gasteiger charge is -2.08. The third kappa shape index (κ3) is 3.70. The van der Waals surface area contributed by atoms with Gasteiger partial charge < -0.3 is 9.47 Å². The quantitative estimate of drug-likeness (QED) is 0.334. The predicted octanol–water partition coefficient (Wildman–Crippen LogP) is 4.80. The van der Waals surface area contributed by atoms with E-state index in [1.165, 1.54) is 13.0 Å². The summed E-state index contributed by atoms with van der Waals surface area (Å²) in [6.07, 6.45) is 1.63. The third-order valence-corrected chi connectivity index (χ3v) is 4.05. The van der Waals surface area contributed by atoms with Gasteiger partial charge in [0.2, 0.25) is 5.78 Å². The second kappa shape index (κ2) is 6.90. The van der Waals surface area contributed by atoms with Crippen LogP contribution in [-0.4, -0.2) is 17.1 Å². The molecular formula is C19H14Cl2O4. The Kier molecular flexibility index (Phi) is 4.84. The van der Waals surface area contributed by atoms with Gasteiger partial charge in [-0.3, -0.25) is 9.59 Å². The molecule has 0 aromatic heterocycles. The molecule has 4 nitrogen and oxygen atoms in total. The molecule has 1 atom stereocenters. The fourth-order valence-electron chi connectivity index (χ4n) is 2.48. The van der Waals surface area contributed by atoms with Crippen LogP contribution in [0.2, 0.25) is 5.02 Å². The molecule has 1 aliphatic rings. The summed E-state index contributed by atoms with van der Waals surface area (Å²) in [5.74, 6) is 0.0273. The molecule has 2 aromatic rings. The van der Waals surface area contributed by atoms with Gasteiger partial charge in [-0.1, -0.05) is 23.7 Å². The van der Waals surface area contributed by atoms with Gasteiger partial charge in [-0.15, -0.1) is 11.6 Å². The second-order valence-corrected chi connectivity index (χ2v) is 6.74. The molecule has 0 saturated carbocycles. The summed E-state index contributed by atoms with van der Waals surface area (Å²) in [4.78, 5) is 24.2. The zero-order valence-electron chi connectivity index (χ0n) is 13.5. The number of aryl methyl sites for hydroxylation is 1. The van der Waals surface area contributed by atoms with Crippen molar-refractivity contribution in [3.63, 3.8) is 0 Å². The maximum absolute atomic E-state index is 12.6. The number of alkyl halides is 1. The van der Waals surface area contributed by atoms with E-state index in [4.69, 9.17) is 32.7 Å². The van der Waals surface area contributed by atoms with Crippen molar-refractivity contribution in [2.24, 2.45) is 0 Å². The van der Waals surface area contributed by atoms with Gasteiger partial charge in [-0.2, -0.15) is 0 Å². The van der Waals surface area contributed by atoms with Gasteiger partial charge in [-0.25, -0.2) is 0 Å². The van der Waals surface area contributed by atoms with Crippen LogP contribution in [0.5, 0.6) is 11.5 Å². The molecule has 128 valence electrons. The minimum Gasteiger partial charge on any atom is -0.452 e. The largest absolute Gasteiger partial charge is 0.452 e. The molecule has 1 aliphatic heterocycles. The molecule has 0 radical (unpaired) electrons. The van der Waals surface area contributed by atoms with E-state index in [9.17, 15) is 9.59 Å². The van der Waals surface area contributed by atoms with Crippen molar-refractivity contribution in [2.75, 3.05) is 0 Å². The molecule has 2 aromatic carbocycles. The van der Waals surface area contributed by atoms with Crippen molar-refractivity contribution in [1.82, 2.24) is 0 Å². The van der Waals surface area contributed by atoms with E-state index in [0.717, 1.165) is 5.56 Å². The first kappa shape index (κ1) is 17.5. The van der Waals surface area contributed by atoms with E-state index in [1.807, 2.05) is 6.07 Å². The number of fused-ring (bicyclic) bond motifs is 1. The normalized spacial score (nSPS) is 15.7. The molecule has 0 spiro atoms. The molecule has 6 heteroatoms. The Morgan fingerprint density at radius 2 is 2.04 bits per heavy atom. The number of carbonyl (C=O) groups excluding carboxylic acids is 2. The molecular weight excluding hydrogens is 363 g/mol. The smallest absolute Gasteiger partial charge is 0.329 e. The molecule has 1 heterocycles. The first-order valence-corrected chi connectivity index (χ1v) is 8.37. The Bertz CT molecular complexity index is 900. The maximum atomic E-state index is 12.6. The third-order valence-electron chi connectivity index (χ3n) is 3.63. The van der Waals surface area contributed by atoms with Crippen molar-refractivity contribution in [3.8, 4) is 11.5 Å². The highest BCUT2D eigenvalue weighted by molar-refractivity contribution is 6.30. The Balaban J connectivity index is 1.93. The number of hydrogen-bond donors (Lipinski definition) is 0. The molecule has 1 unspecified atom stereocenters. The summed E-state index contributed by atoms with van der Waals surface area (Å²) in [5.41, 5.74) is 1.86. The summed E-state index contributed by atoms with van der Waals surface area (Å²) in [5, 5.41) is -0.202. The number of esters is 1. The van der Waals surface area contributed by atoms with E-state index in [2.05, 4.69) is 0 Å². The van der Waals surface area contributed by atoms with Crippen LogP contribution in [-0.2, 0) is 4.79 Å². The summed E-state index contributed by atoms with van der Waals surface area (Å²) in [7, 11) is 0. The first-order valence-electron chi connectivity index (χ1n) is 7.55. The number of allylic oxidation sites excluding steroid dienone is 1. The molecule has 3 rings (SSSR count). The topological polar surface area (TPSA) is 52.6 Å². The van der Waals surface area contributed by atoms with Crippen molar-refractivity contribution >= 4 is 41.0 Å². The minimum absolute atomic E-state index is 0.189. The molecule has 25 heavy (non-hydrogen) atoms. The van der Waals surface area contributed by atoms with Crippen LogP contribution in [0.25, 0.3) is 6.08 Å². The lowest BCUT2D eigenvalue weighted by molar-refractivity contribution is -0.133. The fraction of sp³-hybridized carbons (Fsp3) is 0.158. The van der Waals surface area contributed by atoms with E-state index >= 15 is 0 Å². The predicted molar refractivity (Wildman–Crippen MR) is 96.5 cm³/mol. The van der Waals surface area contributed by atoms with Gasteiger partial charge in [0.1, 0.15) is 16.9 Å². The van der Waals surface area contributed by atoms with Gasteiger partial charge in [0.25, 0.3) is 0 Å². The average Bonchev–Trinajstić information content (AvgIpc) is 2.83. The number of rotatable bonds is 3. The van der Waals surface area contributed by atoms with Gasteiger partial charge in [0, 0.05) is 11.1 Å². The number of benzene rings is 2. The number of hydrogen-bond acceptors (Lipinski definition) is 4. The van der Waals surface area contributed by atoms with Crippen LogP contribution < -0.4 is 9.47 Å². The summed E-state index contributed by atoms with van der Waals surface area (Å²) >= 11 is 11.7. The summed E-state index contributed by atoms with van der Waals surface area (Å²) in [6.45, 7) is 3.28. The van der Waals surface area contributed by atoms with E-state index in [-0.39, 0.29) is 17.3 Å². The van der Waals surface area contributed by atoms with Crippen LogP contribution in [0.3, 0.4) is 0 Å². The van der Waals surface area contributed by atoms with E-state index in [1.54, 1.807) is 37.3 Å². The number of Topliss-reactive ketones (excluding diaryl/α,β-unsaturated/α-hetero) is 1. The SMILES string of the molecule is Cc1cc(OC(=O)C(C)Cl)cc2c1C(=O)/C(=C/c1cccc(Cl)c1)O2. The van der Waals surface area contributed by atoms with Crippen LogP contribution in [0.1, 0.15) is 28.4 Å². The van der Waals surface area contributed by atoms with Gasteiger partial charge in [0.15, 0.2) is 5.76 Å². The second-order valence-electron chi connectivity index (χ2n) is 5.65. The lowest BCUT2D eigenvalue weighted by atomic mass is 10.0. The van der Waals surface area contributed by atoms with Crippen LogP contribution in [0.15, 0.2) is 42.2 Å². The highest BCUT2D eigenvalue weighted by Gasteiger charge is 2.30. The number of halogens is 2. The highest BCUT2D eigenvalue weighted by Crippen LogP contribution is 2.37. The van der Waals surface area contributed by atoms with Crippen molar-refractivity contribution in [1.29, 1.82) is 0 Å². The molecule has 0 bridgehead atoms. The first-order chi connectivity index (χ1) is 11.8.